The Morgan fingerprint density at radius 1 is 1.40 bits per heavy atom. The molecular weight excluding hydrogens is 184 g/mol. The van der Waals surface area contributed by atoms with E-state index >= 15 is 0 Å². The van der Waals surface area contributed by atoms with Crippen molar-refractivity contribution in [2.24, 2.45) is 5.92 Å². The molecule has 2 rings (SSSR count). The van der Waals surface area contributed by atoms with Crippen LogP contribution in [0.2, 0.25) is 0 Å². The van der Waals surface area contributed by atoms with Gasteiger partial charge in [0.05, 0.1) is 0 Å². The summed E-state index contributed by atoms with van der Waals surface area (Å²) in [5.74, 6) is 1.01. The van der Waals surface area contributed by atoms with E-state index in [0.717, 1.165) is 12.8 Å². The van der Waals surface area contributed by atoms with Gasteiger partial charge in [0.25, 0.3) is 0 Å². The van der Waals surface area contributed by atoms with Gasteiger partial charge in [-0.05, 0) is 30.4 Å². The van der Waals surface area contributed by atoms with Crippen molar-refractivity contribution in [3.8, 4) is 0 Å². The van der Waals surface area contributed by atoms with E-state index < -0.39 is 0 Å². The Bertz CT molecular complexity index is 364. The van der Waals surface area contributed by atoms with Crippen molar-refractivity contribution in [3.63, 3.8) is 0 Å². The van der Waals surface area contributed by atoms with E-state index in [4.69, 9.17) is 0 Å². The van der Waals surface area contributed by atoms with E-state index in [1.54, 1.807) is 6.08 Å². The number of benzene rings is 1. The third-order valence-electron chi connectivity index (χ3n) is 2.90. The van der Waals surface area contributed by atoms with E-state index in [1.165, 1.54) is 5.56 Å². The molecule has 0 N–H and O–H groups in total. The van der Waals surface area contributed by atoms with Gasteiger partial charge in [-0.1, -0.05) is 43.3 Å². The first-order valence-electron chi connectivity index (χ1n) is 5.58. The fourth-order valence-electron chi connectivity index (χ4n) is 1.94. The van der Waals surface area contributed by atoms with Crippen LogP contribution in [0, 0.1) is 5.92 Å². The molecule has 1 aromatic rings. The van der Waals surface area contributed by atoms with E-state index in [1.807, 2.05) is 31.2 Å². The minimum atomic E-state index is 0.246. The second kappa shape index (κ2) is 4.43. The fraction of sp³-hybridized carbons (Fsp3) is 0.357. The van der Waals surface area contributed by atoms with E-state index in [0.29, 0.717) is 11.7 Å². The van der Waals surface area contributed by atoms with Crippen LogP contribution in [0.4, 0.5) is 0 Å². The summed E-state index contributed by atoms with van der Waals surface area (Å²) < 4.78 is 0. The number of allylic oxidation sites excluding steroid dienone is 2. The molecule has 0 spiro atoms. The average molecular weight is 200 g/mol. The van der Waals surface area contributed by atoms with Crippen LogP contribution in [0.5, 0.6) is 0 Å². The molecule has 15 heavy (non-hydrogen) atoms. The molecular formula is C14H16O. The molecule has 0 bridgehead atoms. The first-order chi connectivity index (χ1) is 7.33. The van der Waals surface area contributed by atoms with Crippen LogP contribution >= 0.6 is 0 Å². The van der Waals surface area contributed by atoms with E-state index in [9.17, 15) is 4.79 Å². The monoisotopic (exact) mass is 200 g/mol. The van der Waals surface area contributed by atoms with Gasteiger partial charge in [-0.3, -0.25) is 4.79 Å². The van der Waals surface area contributed by atoms with Crippen LogP contribution in [-0.2, 0) is 4.79 Å². The molecule has 1 saturated carbocycles. The number of hydrogen-bond donors (Lipinski definition) is 0. The summed E-state index contributed by atoms with van der Waals surface area (Å²) in [5, 5.41) is 0. The van der Waals surface area contributed by atoms with Crippen molar-refractivity contribution < 1.29 is 4.79 Å². The summed E-state index contributed by atoms with van der Waals surface area (Å²) in [5.41, 5.74) is 1.31. The molecule has 2 unspecified atom stereocenters. The second-order valence-corrected chi connectivity index (χ2v) is 4.07. The van der Waals surface area contributed by atoms with Crippen molar-refractivity contribution in [1.29, 1.82) is 0 Å². The first kappa shape index (κ1) is 10.2. The Morgan fingerprint density at radius 2 is 2.13 bits per heavy atom. The number of hydrogen-bond acceptors (Lipinski definition) is 1. The predicted octanol–water partition coefficient (Wildman–Crippen LogP) is 3.33. The molecule has 1 aliphatic carbocycles. The normalized spacial score (nSPS) is 24.3. The molecule has 1 heteroatoms. The van der Waals surface area contributed by atoms with Crippen molar-refractivity contribution in [2.45, 2.75) is 25.7 Å². The molecule has 0 saturated heterocycles. The molecule has 78 valence electrons. The highest BCUT2D eigenvalue weighted by molar-refractivity contribution is 5.94. The van der Waals surface area contributed by atoms with Gasteiger partial charge in [0, 0.05) is 5.92 Å². The van der Waals surface area contributed by atoms with Gasteiger partial charge in [-0.15, -0.1) is 0 Å². The Morgan fingerprint density at radius 3 is 2.80 bits per heavy atom. The van der Waals surface area contributed by atoms with Crippen LogP contribution in [-0.4, -0.2) is 5.78 Å². The molecule has 1 aromatic carbocycles. The number of carbonyl (C=O) groups is 1. The highest BCUT2D eigenvalue weighted by atomic mass is 16.1. The molecule has 0 amide bonds. The van der Waals surface area contributed by atoms with Crippen LogP contribution in [0.25, 0.3) is 0 Å². The first-order valence-corrected chi connectivity index (χ1v) is 5.58. The molecule has 0 radical (unpaired) electrons. The maximum absolute atomic E-state index is 11.7. The summed E-state index contributed by atoms with van der Waals surface area (Å²) in [6, 6.07) is 10.3. The molecule has 0 aromatic heterocycles. The van der Waals surface area contributed by atoms with Gasteiger partial charge in [0.2, 0.25) is 0 Å². The Balaban J connectivity index is 1.97. The second-order valence-electron chi connectivity index (χ2n) is 4.07. The van der Waals surface area contributed by atoms with Gasteiger partial charge in [0.15, 0.2) is 5.78 Å². The zero-order valence-electron chi connectivity index (χ0n) is 9.02. The highest BCUT2D eigenvalue weighted by Gasteiger charge is 2.42. The van der Waals surface area contributed by atoms with Crippen molar-refractivity contribution in [1.82, 2.24) is 0 Å². The summed E-state index contributed by atoms with van der Waals surface area (Å²) in [7, 11) is 0. The molecule has 2 atom stereocenters. The van der Waals surface area contributed by atoms with Crippen molar-refractivity contribution >= 4 is 5.78 Å². The summed E-state index contributed by atoms with van der Waals surface area (Å²) in [6.45, 7) is 2.05. The number of carbonyl (C=O) groups excluding carboxylic acids is 1. The topological polar surface area (TPSA) is 17.1 Å². The third kappa shape index (κ3) is 2.35. The van der Waals surface area contributed by atoms with Crippen LogP contribution < -0.4 is 0 Å². The highest BCUT2D eigenvalue weighted by Crippen LogP contribution is 2.48. The zero-order valence-corrected chi connectivity index (χ0v) is 9.02. The summed E-state index contributed by atoms with van der Waals surface area (Å²) >= 11 is 0. The summed E-state index contributed by atoms with van der Waals surface area (Å²) in [6.07, 6.45) is 5.65. The molecule has 1 fully saturated rings. The maximum Gasteiger partial charge on any atom is 0.159 e. The Labute approximate surface area is 90.8 Å². The standard InChI is InChI=1S/C14H16O/c1-2-3-9-14(15)13-10-12(13)11-7-5-4-6-8-11/h3-9,12-13H,2,10H2,1H3/b9-3+. The predicted molar refractivity (Wildman–Crippen MR) is 61.7 cm³/mol. The summed E-state index contributed by atoms with van der Waals surface area (Å²) in [4.78, 5) is 11.7. The smallest absolute Gasteiger partial charge is 0.159 e. The minimum Gasteiger partial charge on any atom is -0.295 e. The minimum absolute atomic E-state index is 0.246. The lowest BCUT2D eigenvalue weighted by molar-refractivity contribution is -0.115. The maximum atomic E-state index is 11.7. The van der Waals surface area contributed by atoms with Crippen molar-refractivity contribution in [3.05, 3.63) is 48.0 Å². The molecule has 1 aliphatic rings. The number of rotatable bonds is 4. The lowest BCUT2D eigenvalue weighted by Crippen LogP contribution is -1.97. The lowest BCUT2D eigenvalue weighted by Gasteiger charge is -1.96. The van der Waals surface area contributed by atoms with Gasteiger partial charge in [0.1, 0.15) is 0 Å². The Kier molecular flexibility index (Phi) is 3.00. The van der Waals surface area contributed by atoms with Gasteiger partial charge in [-0.25, -0.2) is 0 Å². The molecule has 0 aliphatic heterocycles. The fourth-order valence-corrected chi connectivity index (χ4v) is 1.94. The Hall–Kier alpha value is -1.37. The van der Waals surface area contributed by atoms with Crippen LogP contribution in [0.1, 0.15) is 31.2 Å². The lowest BCUT2D eigenvalue weighted by atomic mass is 10.1. The van der Waals surface area contributed by atoms with Gasteiger partial charge >= 0.3 is 0 Å². The largest absolute Gasteiger partial charge is 0.295 e. The van der Waals surface area contributed by atoms with Crippen LogP contribution in [0.15, 0.2) is 42.5 Å². The zero-order chi connectivity index (χ0) is 10.7. The van der Waals surface area contributed by atoms with Gasteiger partial charge < -0.3 is 0 Å². The number of ketones is 1. The third-order valence-corrected chi connectivity index (χ3v) is 2.90. The average Bonchev–Trinajstić information content (AvgIpc) is 3.07. The SMILES string of the molecule is CC/C=C/C(=O)C1CC1c1ccccc1. The van der Waals surface area contributed by atoms with Crippen molar-refractivity contribution in [2.75, 3.05) is 0 Å². The molecule has 0 heterocycles. The van der Waals surface area contributed by atoms with Crippen LogP contribution in [0.3, 0.4) is 0 Å². The van der Waals surface area contributed by atoms with Gasteiger partial charge in [-0.2, -0.15) is 0 Å². The quantitative estimate of drug-likeness (QED) is 0.681. The molecule has 1 nitrogen and oxygen atoms in total. The van der Waals surface area contributed by atoms with E-state index in [2.05, 4.69) is 12.1 Å². The van der Waals surface area contributed by atoms with E-state index in [-0.39, 0.29) is 5.92 Å².